The molecule has 122 valence electrons. The number of carbonyl (C=O) groups is 1. The zero-order valence-corrected chi connectivity index (χ0v) is 14.1. The predicted octanol–water partition coefficient (Wildman–Crippen LogP) is 2.05. The third-order valence-corrected chi connectivity index (χ3v) is 3.97. The van der Waals surface area contributed by atoms with Crippen LogP contribution in [-0.4, -0.2) is 37.0 Å². The Bertz CT molecular complexity index is 627. The van der Waals surface area contributed by atoms with Crippen LogP contribution in [0.15, 0.2) is 46.3 Å². The summed E-state index contributed by atoms with van der Waals surface area (Å²) in [7, 11) is 1.68. The molecule has 0 saturated heterocycles. The van der Waals surface area contributed by atoms with Crippen molar-refractivity contribution in [3.05, 3.63) is 46.9 Å². The Balaban J connectivity index is 1.73. The lowest BCUT2D eigenvalue weighted by molar-refractivity contribution is -0.115. The van der Waals surface area contributed by atoms with Crippen LogP contribution in [0, 0.1) is 0 Å². The first-order valence-electron chi connectivity index (χ1n) is 7.35. The summed E-state index contributed by atoms with van der Waals surface area (Å²) in [6, 6.07) is 5.68. The molecule has 2 heterocycles. The molecule has 0 aliphatic carbocycles. The van der Waals surface area contributed by atoms with Gasteiger partial charge in [-0.15, -0.1) is 0 Å². The second-order valence-electron chi connectivity index (χ2n) is 5.05. The molecule has 2 aromatic heterocycles. The fraction of sp³-hybridized carbons (Fsp3) is 0.312. The number of guanidine groups is 1. The smallest absolute Gasteiger partial charge is 0.243 e. The minimum absolute atomic E-state index is 0.140. The lowest BCUT2D eigenvalue weighted by Gasteiger charge is -2.15. The zero-order valence-electron chi connectivity index (χ0n) is 13.2. The molecular weight excluding hydrogens is 310 g/mol. The molecule has 0 aromatic carbocycles. The minimum atomic E-state index is -0.146. The van der Waals surface area contributed by atoms with E-state index in [-0.39, 0.29) is 12.5 Å². The molecule has 23 heavy (non-hydrogen) atoms. The molecule has 3 N–H and O–H groups in total. The Morgan fingerprint density at radius 2 is 2.26 bits per heavy atom. The van der Waals surface area contributed by atoms with E-state index in [0.717, 1.165) is 6.54 Å². The number of anilines is 1. The summed E-state index contributed by atoms with van der Waals surface area (Å²) in [6.45, 7) is 3.04. The van der Waals surface area contributed by atoms with Gasteiger partial charge in [-0.3, -0.25) is 14.8 Å². The van der Waals surface area contributed by atoms with Gasteiger partial charge < -0.3 is 16.0 Å². The molecule has 1 unspecified atom stereocenters. The van der Waals surface area contributed by atoms with Crippen LogP contribution in [0.3, 0.4) is 0 Å². The molecule has 0 fully saturated rings. The van der Waals surface area contributed by atoms with E-state index < -0.39 is 0 Å². The number of nitrogens with zero attached hydrogens (tertiary/aromatic N) is 2. The SMILES string of the molecule is CN=C(NCC(=O)Nc1cccnc1)NCC(C)c1ccsc1. The topological polar surface area (TPSA) is 78.4 Å². The van der Waals surface area contributed by atoms with Crippen LogP contribution < -0.4 is 16.0 Å². The van der Waals surface area contributed by atoms with Crippen LogP contribution in [-0.2, 0) is 4.79 Å². The van der Waals surface area contributed by atoms with Crippen molar-refractivity contribution in [3.63, 3.8) is 0 Å². The van der Waals surface area contributed by atoms with Crippen LogP contribution in [0.1, 0.15) is 18.4 Å². The standard InChI is InChI=1S/C16H21N5OS/c1-12(13-5-7-23-11-13)8-19-16(17-2)20-10-15(22)21-14-4-3-6-18-9-14/h3-7,9,11-12H,8,10H2,1-2H3,(H,21,22)(H2,17,19,20). The lowest BCUT2D eigenvalue weighted by atomic mass is 10.1. The van der Waals surface area contributed by atoms with E-state index >= 15 is 0 Å². The molecule has 0 saturated carbocycles. The summed E-state index contributed by atoms with van der Waals surface area (Å²) in [4.78, 5) is 20.0. The van der Waals surface area contributed by atoms with Crippen LogP contribution in [0.4, 0.5) is 5.69 Å². The third-order valence-electron chi connectivity index (χ3n) is 3.27. The highest BCUT2D eigenvalue weighted by Crippen LogP contribution is 2.16. The molecule has 0 bridgehead atoms. The molecule has 6 nitrogen and oxygen atoms in total. The number of hydrogen-bond donors (Lipinski definition) is 3. The molecule has 1 atom stereocenters. The van der Waals surface area contributed by atoms with Gasteiger partial charge in [0.15, 0.2) is 5.96 Å². The lowest BCUT2D eigenvalue weighted by Crippen LogP contribution is -2.42. The first-order chi connectivity index (χ1) is 11.2. The number of thiophene rings is 1. The van der Waals surface area contributed by atoms with Gasteiger partial charge in [-0.25, -0.2) is 0 Å². The molecule has 0 aliphatic heterocycles. The number of aliphatic imine (C=N–C) groups is 1. The van der Waals surface area contributed by atoms with Gasteiger partial charge in [-0.05, 0) is 40.4 Å². The maximum Gasteiger partial charge on any atom is 0.243 e. The summed E-state index contributed by atoms with van der Waals surface area (Å²) in [5, 5.41) is 13.2. The minimum Gasteiger partial charge on any atom is -0.356 e. The van der Waals surface area contributed by atoms with Crippen molar-refractivity contribution >= 4 is 28.9 Å². The maximum atomic E-state index is 11.9. The Morgan fingerprint density at radius 1 is 1.39 bits per heavy atom. The van der Waals surface area contributed by atoms with Gasteiger partial charge in [0.1, 0.15) is 0 Å². The largest absolute Gasteiger partial charge is 0.356 e. The van der Waals surface area contributed by atoms with Crippen molar-refractivity contribution in [1.82, 2.24) is 15.6 Å². The first-order valence-corrected chi connectivity index (χ1v) is 8.30. The highest BCUT2D eigenvalue weighted by molar-refractivity contribution is 7.07. The van der Waals surface area contributed by atoms with Gasteiger partial charge in [-0.1, -0.05) is 6.92 Å². The van der Waals surface area contributed by atoms with E-state index in [4.69, 9.17) is 0 Å². The van der Waals surface area contributed by atoms with Gasteiger partial charge in [0.25, 0.3) is 0 Å². The van der Waals surface area contributed by atoms with Crippen molar-refractivity contribution in [3.8, 4) is 0 Å². The Labute approximate surface area is 140 Å². The zero-order chi connectivity index (χ0) is 16.5. The summed E-state index contributed by atoms with van der Waals surface area (Å²) >= 11 is 1.69. The van der Waals surface area contributed by atoms with Gasteiger partial charge in [0, 0.05) is 19.8 Å². The highest BCUT2D eigenvalue weighted by Gasteiger charge is 2.08. The summed E-state index contributed by atoms with van der Waals surface area (Å²) in [5.74, 6) is 0.837. The number of carbonyl (C=O) groups excluding carboxylic acids is 1. The molecule has 0 spiro atoms. The molecule has 0 radical (unpaired) electrons. The average molecular weight is 331 g/mol. The van der Waals surface area contributed by atoms with Gasteiger partial charge in [0.05, 0.1) is 18.4 Å². The molecule has 2 rings (SSSR count). The van der Waals surface area contributed by atoms with Crippen LogP contribution in [0.2, 0.25) is 0 Å². The number of amides is 1. The van der Waals surface area contributed by atoms with Crippen LogP contribution in [0.5, 0.6) is 0 Å². The molecule has 2 aromatic rings. The Morgan fingerprint density at radius 3 is 2.91 bits per heavy atom. The molecule has 0 aliphatic rings. The number of pyridine rings is 1. The number of nitrogens with one attached hydrogen (secondary N) is 3. The molecule has 1 amide bonds. The maximum absolute atomic E-state index is 11.9. The number of hydrogen-bond acceptors (Lipinski definition) is 4. The highest BCUT2D eigenvalue weighted by atomic mass is 32.1. The van der Waals surface area contributed by atoms with E-state index in [1.54, 1.807) is 42.9 Å². The van der Waals surface area contributed by atoms with Crippen LogP contribution >= 0.6 is 11.3 Å². The summed E-state index contributed by atoms with van der Waals surface area (Å²) in [5.41, 5.74) is 1.97. The monoisotopic (exact) mass is 331 g/mol. The van der Waals surface area contributed by atoms with Crippen molar-refractivity contribution in [2.45, 2.75) is 12.8 Å². The van der Waals surface area contributed by atoms with E-state index in [1.807, 2.05) is 0 Å². The van der Waals surface area contributed by atoms with Crippen molar-refractivity contribution in [2.24, 2.45) is 4.99 Å². The number of rotatable bonds is 6. The van der Waals surface area contributed by atoms with Crippen LogP contribution in [0.25, 0.3) is 0 Å². The second-order valence-corrected chi connectivity index (χ2v) is 5.83. The van der Waals surface area contributed by atoms with E-state index in [9.17, 15) is 4.79 Å². The third kappa shape index (κ3) is 5.71. The Hall–Kier alpha value is -2.41. The number of aromatic nitrogens is 1. The van der Waals surface area contributed by atoms with Crippen molar-refractivity contribution in [2.75, 3.05) is 25.5 Å². The van der Waals surface area contributed by atoms with Crippen molar-refractivity contribution in [1.29, 1.82) is 0 Å². The molecular formula is C16H21N5OS. The van der Waals surface area contributed by atoms with Crippen molar-refractivity contribution < 1.29 is 4.79 Å². The fourth-order valence-electron chi connectivity index (χ4n) is 1.95. The van der Waals surface area contributed by atoms with E-state index in [0.29, 0.717) is 17.6 Å². The Kier molecular flexibility index (Phi) is 6.56. The normalized spacial score (nSPS) is 12.5. The average Bonchev–Trinajstić information content (AvgIpc) is 3.10. The van der Waals surface area contributed by atoms with Gasteiger partial charge >= 0.3 is 0 Å². The van der Waals surface area contributed by atoms with E-state index in [1.165, 1.54) is 5.56 Å². The first kappa shape index (κ1) is 17.0. The van der Waals surface area contributed by atoms with E-state index in [2.05, 4.69) is 49.7 Å². The fourth-order valence-corrected chi connectivity index (χ4v) is 2.73. The predicted molar refractivity (Wildman–Crippen MR) is 95.0 cm³/mol. The quantitative estimate of drug-likeness (QED) is 0.559. The molecule has 7 heteroatoms. The summed E-state index contributed by atoms with van der Waals surface area (Å²) in [6.07, 6.45) is 3.27. The van der Waals surface area contributed by atoms with Gasteiger partial charge in [-0.2, -0.15) is 11.3 Å². The second kappa shape index (κ2) is 8.89. The summed E-state index contributed by atoms with van der Waals surface area (Å²) < 4.78 is 0. The van der Waals surface area contributed by atoms with Gasteiger partial charge in [0.2, 0.25) is 5.91 Å².